The molecular formula is C21H34FN3O3. The Balaban J connectivity index is 1.94. The van der Waals surface area contributed by atoms with Crippen LogP contribution in [0.1, 0.15) is 31.7 Å². The van der Waals surface area contributed by atoms with Crippen LogP contribution in [0.5, 0.6) is 0 Å². The number of hydrogen-bond acceptors (Lipinski definition) is 4. The maximum Gasteiger partial charge on any atom is 0.191 e. The van der Waals surface area contributed by atoms with E-state index in [2.05, 4.69) is 17.6 Å². The van der Waals surface area contributed by atoms with Crippen molar-refractivity contribution in [2.75, 3.05) is 59.8 Å². The lowest BCUT2D eigenvalue weighted by molar-refractivity contribution is 0.0530. The Kier molecular flexibility index (Phi) is 10.2. The topological polar surface area (TPSA) is 64.1 Å². The predicted octanol–water partition coefficient (Wildman–Crippen LogP) is 2.48. The SMILES string of the molecule is CCNC(=NCC1(c2ccc(F)cc2)CCOCC1)NCCCOCCOC. The first-order valence-electron chi connectivity index (χ1n) is 10.1. The van der Waals surface area contributed by atoms with Gasteiger partial charge < -0.3 is 24.8 Å². The van der Waals surface area contributed by atoms with Crippen LogP contribution in [0.4, 0.5) is 4.39 Å². The summed E-state index contributed by atoms with van der Waals surface area (Å²) in [5.41, 5.74) is 1.01. The normalized spacial score (nSPS) is 16.8. The van der Waals surface area contributed by atoms with Crippen molar-refractivity contribution in [2.45, 2.75) is 31.6 Å². The van der Waals surface area contributed by atoms with Gasteiger partial charge in [-0.05, 0) is 43.9 Å². The van der Waals surface area contributed by atoms with Gasteiger partial charge in [0.25, 0.3) is 0 Å². The van der Waals surface area contributed by atoms with Crippen LogP contribution in [0.3, 0.4) is 0 Å². The third kappa shape index (κ3) is 7.37. The molecule has 1 aliphatic rings. The summed E-state index contributed by atoms with van der Waals surface area (Å²) in [6.07, 6.45) is 2.66. The number of rotatable bonds is 11. The van der Waals surface area contributed by atoms with E-state index >= 15 is 0 Å². The zero-order chi connectivity index (χ0) is 20.1. The summed E-state index contributed by atoms with van der Waals surface area (Å²) in [6, 6.07) is 6.83. The highest BCUT2D eigenvalue weighted by Gasteiger charge is 2.34. The summed E-state index contributed by atoms with van der Waals surface area (Å²) in [4.78, 5) is 4.84. The van der Waals surface area contributed by atoms with Gasteiger partial charge in [0, 0.05) is 45.4 Å². The fraction of sp³-hybridized carbons (Fsp3) is 0.667. The maximum absolute atomic E-state index is 13.4. The lowest BCUT2D eigenvalue weighted by Gasteiger charge is -2.36. The van der Waals surface area contributed by atoms with E-state index in [-0.39, 0.29) is 11.2 Å². The highest BCUT2D eigenvalue weighted by molar-refractivity contribution is 5.79. The third-order valence-electron chi connectivity index (χ3n) is 4.98. The van der Waals surface area contributed by atoms with Crippen LogP contribution in [-0.2, 0) is 19.6 Å². The summed E-state index contributed by atoms with van der Waals surface area (Å²) in [6.45, 7) is 7.60. The molecular weight excluding hydrogens is 361 g/mol. The molecule has 2 rings (SSSR count). The standard InChI is InChI=1S/C21H34FN3O3/c1-3-23-20(24-11-4-12-27-16-15-26-2)25-17-21(9-13-28-14-10-21)18-5-7-19(22)8-6-18/h5-8H,3-4,9-17H2,1-2H3,(H2,23,24,25). The second-order valence-corrected chi connectivity index (χ2v) is 6.98. The number of hydrogen-bond donors (Lipinski definition) is 2. The zero-order valence-corrected chi connectivity index (χ0v) is 17.1. The molecule has 7 heteroatoms. The quantitative estimate of drug-likeness (QED) is 0.342. The van der Waals surface area contributed by atoms with Crippen molar-refractivity contribution >= 4 is 5.96 Å². The molecule has 1 aromatic rings. The van der Waals surface area contributed by atoms with Crippen molar-refractivity contribution in [3.8, 4) is 0 Å². The Bertz CT molecular complexity index is 575. The fourth-order valence-electron chi connectivity index (χ4n) is 3.30. The van der Waals surface area contributed by atoms with Crippen molar-refractivity contribution in [3.63, 3.8) is 0 Å². The predicted molar refractivity (Wildman–Crippen MR) is 109 cm³/mol. The number of benzene rings is 1. The Labute approximate surface area is 167 Å². The Morgan fingerprint density at radius 1 is 1.14 bits per heavy atom. The number of aliphatic imine (C=N–C) groups is 1. The van der Waals surface area contributed by atoms with E-state index in [4.69, 9.17) is 19.2 Å². The molecule has 2 N–H and O–H groups in total. The minimum atomic E-state index is -0.211. The molecule has 0 saturated carbocycles. The van der Waals surface area contributed by atoms with Gasteiger partial charge in [-0.3, -0.25) is 4.99 Å². The van der Waals surface area contributed by atoms with Gasteiger partial charge in [0.2, 0.25) is 0 Å². The van der Waals surface area contributed by atoms with Crippen LogP contribution in [-0.4, -0.2) is 65.7 Å². The number of nitrogens with one attached hydrogen (secondary N) is 2. The van der Waals surface area contributed by atoms with E-state index in [9.17, 15) is 4.39 Å². The zero-order valence-electron chi connectivity index (χ0n) is 17.1. The van der Waals surface area contributed by atoms with E-state index < -0.39 is 0 Å². The molecule has 6 nitrogen and oxygen atoms in total. The first kappa shape index (κ1) is 22.6. The monoisotopic (exact) mass is 395 g/mol. The van der Waals surface area contributed by atoms with E-state index in [0.717, 1.165) is 43.9 Å². The van der Waals surface area contributed by atoms with E-state index in [1.165, 1.54) is 12.1 Å². The van der Waals surface area contributed by atoms with Gasteiger partial charge in [0.1, 0.15) is 5.82 Å². The molecule has 1 aromatic carbocycles. The molecule has 0 radical (unpaired) electrons. The molecule has 0 atom stereocenters. The van der Waals surface area contributed by atoms with Gasteiger partial charge in [0.15, 0.2) is 5.96 Å². The summed E-state index contributed by atoms with van der Waals surface area (Å²) in [7, 11) is 1.67. The van der Waals surface area contributed by atoms with Crippen molar-refractivity contribution in [2.24, 2.45) is 4.99 Å². The Morgan fingerprint density at radius 3 is 2.57 bits per heavy atom. The molecule has 1 heterocycles. The molecule has 0 unspecified atom stereocenters. The Morgan fingerprint density at radius 2 is 1.89 bits per heavy atom. The molecule has 0 spiro atoms. The lowest BCUT2D eigenvalue weighted by Crippen LogP contribution is -2.41. The number of ether oxygens (including phenoxy) is 3. The van der Waals surface area contributed by atoms with Gasteiger partial charge in [-0.15, -0.1) is 0 Å². The van der Waals surface area contributed by atoms with Crippen LogP contribution < -0.4 is 10.6 Å². The van der Waals surface area contributed by atoms with Crippen molar-refractivity contribution in [1.29, 1.82) is 0 Å². The molecule has 0 aromatic heterocycles. The number of nitrogens with zero attached hydrogens (tertiary/aromatic N) is 1. The average molecular weight is 396 g/mol. The molecule has 1 fully saturated rings. The molecule has 0 bridgehead atoms. The van der Waals surface area contributed by atoms with Crippen LogP contribution in [0, 0.1) is 5.82 Å². The van der Waals surface area contributed by atoms with Crippen molar-refractivity contribution in [3.05, 3.63) is 35.6 Å². The second kappa shape index (κ2) is 12.7. The van der Waals surface area contributed by atoms with Crippen LogP contribution in [0.15, 0.2) is 29.3 Å². The highest BCUT2D eigenvalue weighted by Crippen LogP contribution is 2.35. The number of halogens is 1. The van der Waals surface area contributed by atoms with E-state index in [1.807, 2.05) is 12.1 Å². The van der Waals surface area contributed by atoms with Crippen molar-refractivity contribution in [1.82, 2.24) is 10.6 Å². The minimum absolute atomic E-state index is 0.114. The molecule has 28 heavy (non-hydrogen) atoms. The minimum Gasteiger partial charge on any atom is -0.382 e. The third-order valence-corrected chi connectivity index (χ3v) is 4.98. The fourth-order valence-corrected chi connectivity index (χ4v) is 3.30. The molecule has 0 amide bonds. The van der Waals surface area contributed by atoms with Gasteiger partial charge in [0.05, 0.1) is 19.8 Å². The smallest absolute Gasteiger partial charge is 0.191 e. The second-order valence-electron chi connectivity index (χ2n) is 6.98. The molecule has 158 valence electrons. The molecule has 1 saturated heterocycles. The van der Waals surface area contributed by atoms with E-state index in [0.29, 0.717) is 39.6 Å². The summed E-state index contributed by atoms with van der Waals surface area (Å²) >= 11 is 0. The average Bonchev–Trinajstić information content (AvgIpc) is 2.72. The maximum atomic E-state index is 13.4. The first-order valence-corrected chi connectivity index (χ1v) is 10.1. The van der Waals surface area contributed by atoms with Gasteiger partial charge in [-0.1, -0.05) is 12.1 Å². The summed E-state index contributed by atoms with van der Waals surface area (Å²) in [5.74, 6) is 0.588. The van der Waals surface area contributed by atoms with E-state index in [1.54, 1.807) is 7.11 Å². The van der Waals surface area contributed by atoms with Gasteiger partial charge >= 0.3 is 0 Å². The van der Waals surface area contributed by atoms with Crippen LogP contribution in [0.25, 0.3) is 0 Å². The van der Waals surface area contributed by atoms with Gasteiger partial charge in [-0.2, -0.15) is 0 Å². The number of guanidine groups is 1. The van der Waals surface area contributed by atoms with Crippen molar-refractivity contribution < 1.29 is 18.6 Å². The molecule has 0 aliphatic carbocycles. The van der Waals surface area contributed by atoms with Crippen LogP contribution >= 0.6 is 0 Å². The largest absolute Gasteiger partial charge is 0.382 e. The lowest BCUT2D eigenvalue weighted by atomic mass is 9.74. The first-order chi connectivity index (χ1) is 13.7. The summed E-state index contributed by atoms with van der Waals surface area (Å²) in [5, 5.41) is 6.66. The molecule has 1 aliphatic heterocycles. The van der Waals surface area contributed by atoms with Crippen LogP contribution in [0.2, 0.25) is 0 Å². The number of methoxy groups -OCH3 is 1. The Hall–Kier alpha value is -1.70. The highest BCUT2D eigenvalue weighted by atomic mass is 19.1. The van der Waals surface area contributed by atoms with Gasteiger partial charge in [-0.25, -0.2) is 4.39 Å². The summed E-state index contributed by atoms with van der Waals surface area (Å²) < 4.78 is 29.4.